The first kappa shape index (κ1) is 20.8. The molecule has 0 spiro atoms. The second kappa shape index (κ2) is 10.6. The molecule has 8 N–H and O–H groups in total. The monoisotopic (exact) mass is 368 g/mol. The fraction of sp³-hybridized carbons (Fsp3) is 1.00. The second-order valence-corrected chi connectivity index (χ2v) is 5.94. The van der Waals surface area contributed by atoms with Crippen LogP contribution in [0.2, 0.25) is 0 Å². The Bertz CT molecular complexity index is 342. The van der Waals surface area contributed by atoms with Crippen molar-refractivity contribution < 1.29 is 38.3 Å². The maximum absolute atomic E-state index is 5.71. The van der Waals surface area contributed by atoms with Gasteiger partial charge in [-0.25, -0.2) is 23.6 Å². The van der Waals surface area contributed by atoms with Gasteiger partial charge in [0.25, 0.3) is 0 Å². The molecule has 0 aromatic heterocycles. The summed E-state index contributed by atoms with van der Waals surface area (Å²) < 4.78 is 22.8. The highest BCUT2D eigenvalue weighted by Gasteiger charge is 2.60. The summed E-state index contributed by atoms with van der Waals surface area (Å²) in [6, 6.07) is 0. The molecule has 0 saturated carbocycles. The third-order valence-electron chi connectivity index (χ3n) is 4.47. The van der Waals surface area contributed by atoms with E-state index in [1.807, 2.05) is 0 Å². The van der Waals surface area contributed by atoms with Gasteiger partial charge in [0, 0.05) is 0 Å². The first-order valence-corrected chi connectivity index (χ1v) is 7.96. The molecule has 2 saturated heterocycles. The Morgan fingerprint density at radius 3 is 1.44 bits per heavy atom. The van der Waals surface area contributed by atoms with Gasteiger partial charge in [-0.3, -0.25) is 9.68 Å². The van der Waals surface area contributed by atoms with E-state index in [-0.39, 0.29) is 51.8 Å². The third-order valence-corrected chi connectivity index (χ3v) is 4.47. The van der Waals surface area contributed by atoms with Crippen molar-refractivity contribution in [3.8, 4) is 0 Å². The maximum atomic E-state index is 5.71. The molecule has 0 aromatic rings. The van der Waals surface area contributed by atoms with E-state index in [4.69, 9.17) is 52.2 Å². The number of rotatable bonds is 14. The van der Waals surface area contributed by atoms with Crippen LogP contribution < -0.4 is 23.6 Å². The van der Waals surface area contributed by atoms with E-state index in [1.165, 1.54) is 0 Å². The minimum Gasteiger partial charge on any atom is -0.378 e. The summed E-state index contributed by atoms with van der Waals surface area (Å²) in [5.74, 6) is 20.8. The van der Waals surface area contributed by atoms with Crippen molar-refractivity contribution in [2.24, 2.45) is 29.0 Å². The Morgan fingerprint density at radius 2 is 1.16 bits per heavy atom. The molecule has 25 heavy (non-hydrogen) atoms. The molecule has 2 aliphatic heterocycles. The van der Waals surface area contributed by atoms with Crippen LogP contribution in [0.5, 0.6) is 0 Å². The second-order valence-electron chi connectivity index (χ2n) is 5.94. The molecular formula is C13H28N4O8. The van der Waals surface area contributed by atoms with E-state index in [2.05, 4.69) is 9.68 Å². The lowest BCUT2D eigenvalue weighted by Gasteiger charge is -2.55. The predicted molar refractivity (Wildman–Crippen MR) is 82.0 cm³/mol. The molecule has 0 bridgehead atoms. The SMILES string of the molecule is NOCCOCC(COCCON)(C1OCC1ON)C1OCC1ON. The normalized spacial score (nSPS) is 29.3. The Morgan fingerprint density at radius 1 is 0.720 bits per heavy atom. The summed E-state index contributed by atoms with van der Waals surface area (Å²) in [7, 11) is 0. The Hall–Kier alpha value is -0.480. The van der Waals surface area contributed by atoms with Crippen molar-refractivity contribution in [1.29, 1.82) is 0 Å². The first-order valence-electron chi connectivity index (χ1n) is 7.96. The van der Waals surface area contributed by atoms with Crippen molar-refractivity contribution in [3.05, 3.63) is 0 Å². The molecule has 12 nitrogen and oxygen atoms in total. The zero-order valence-electron chi connectivity index (χ0n) is 14.0. The van der Waals surface area contributed by atoms with Crippen LogP contribution in [0.4, 0.5) is 0 Å². The topological polar surface area (TPSA) is 178 Å². The summed E-state index contributed by atoms with van der Waals surface area (Å²) >= 11 is 0. The van der Waals surface area contributed by atoms with E-state index in [9.17, 15) is 0 Å². The van der Waals surface area contributed by atoms with Crippen molar-refractivity contribution in [2.45, 2.75) is 24.4 Å². The minimum absolute atomic E-state index is 0.217. The molecule has 2 heterocycles. The van der Waals surface area contributed by atoms with Crippen LogP contribution in [0, 0.1) is 5.41 Å². The van der Waals surface area contributed by atoms with E-state index >= 15 is 0 Å². The van der Waals surface area contributed by atoms with Crippen LogP contribution in [0.1, 0.15) is 0 Å². The summed E-state index contributed by atoms with van der Waals surface area (Å²) in [6.45, 7) is 2.20. The van der Waals surface area contributed by atoms with Crippen molar-refractivity contribution in [3.63, 3.8) is 0 Å². The summed E-state index contributed by atoms with van der Waals surface area (Å²) in [5, 5.41) is 0. The molecule has 0 radical (unpaired) electrons. The van der Waals surface area contributed by atoms with Gasteiger partial charge in [0.15, 0.2) is 0 Å². The van der Waals surface area contributed by atoms with Gasteiger partial charge in [0.2, 0.25) is 0 Å². The van der Waals surface area contributed by atoms with Gasteiger partial charge in [-0.1, -0.05) is 0 Å². The lowest BCUT2D eigenvalue weighted by atomic mass is 9.70. The fourth-order valence-corrected chi connectivity index (χ4v) is 3.11. The van der Waals surface area contributed by atoms with Crippen molar-refractivity contribution in [1.82, 2.24) is 0 Å². The van der Waals surface area contributed by atoms with Crippen LogP contribution in [-0.2, 0) is 38.3 Å². The van der Waals surface area contributed by atoms with Crippen LogP contribution >= 0.6 is 0 Å². The average Bonchev–Trinajstić information content (AvgIpc) is 2.54. The number of nitrogens with two attached hydrogens (primary N) is 4. The Balaban J connectivity index is 2.11. The molecule has 12 heteroatoms. The maximum Gasteiger partial charge on any atom is 0.129 e. The third kappa shape index (κ3) is 4.82. The van der Waals surface area contributed by atoms with Crippen molar-refractivity contribution >= 4 is 0 Å². The first-order chi connectivity index (χ1) is 12.2. The molecule has 4 unspecified atom stereocenters. The fourth-order valence-electron chi connectivity index (χ4n) is 3.11. The smallest absolute Gasteiger partial charge is 0.129 e. The molecule has 148 valence electrons. The van der Waals surface area contributed by atoms with Gasteiger partial charge in [0.05, 0.1) is 58.3 Å². The van der Waals surface area contributed by atoms with Crippen LogP contribution in [-0.4, -0.2) is 77.3 Å². The zero-order chi connectivity index (χ0) is 18.1. The van der Waals surface area contributed by atoms with E-state index in [1.54, 1.807) is 0 Å². The molecule has 0 aliphatic carbocycles. The van der Waals surface area contributed by atoms with Crippen LogP contribution in [0.15, 0.2) is 0 Å². The molecule has 2 rings (SSSR count). The molecule has 4 atom stereocenters. The van der Waals surface area contributed by atoms with Gasteiger partial charge >= 0.3 is 0 Å². The summed E-state index contributed by atoms with van der Waals surface area (Å²) in [6.07, 6.45) is -1.49. The number of hydrogen-bond donors (Lipinski definition) is 4. The Labute approximate surface area is 145 Å². The highest BCUT2D eigenvalue weighted by Crippen LogP contribution is 2.43. The lowest BCUT2D eigenvalue weighted by molar-refractivity contribution is -0.322. The zero-order valence-corrected chi connectivity index (χ0v) is 14.0. The minimum atomic E-state index is -0.756. The van der Waals surface area contributed by atoms with Gasteiger partial charge in [-0.15, -0.1) is 0 Å². The lowest BCUT2D eigenvalue weighted by Crippen LogP contribution is -2.71. The van der Waals surface area contributed by atoms with Gasteiger partial charge in [0.1, 0.15) is 24.4 Å². The summed E-state index contributed by atoms with van der Waals surface area (Å²) in [4.78, 5) is 19.0. The van der Waals surface area contributed by atoms with E-state index < -0.39 is 17.6 Å². The van der Waals surface area contributed by atoms with Crippen LogP contribution in [0.25, 0.3) is 0 Å². The quantitative estimate of drug-likeness (QED) is 0.182. The Kier molecular flexibility index (Phi) is 8.84. The van der Waals surface area contributed by atoms with Gasteiger partial charge in [-0.2, -0.15) is 0 Å². The largest absolute Gasteiger partial charge is 0.378 e. The standard InChI is InChI=1S/C13H28N4O8/c14-22-3-1-18-7-13(8-19-2-4-23-15,11-9(24-16)5-20-11)12-10(25-17)6-21-12/h9-12H,1-8,14-17H2. The van der Waals surface area contributed by atoms with Gasteiger partial charge < -0.3 is 28.6 Å². The molecule has 2 aliphatic rings. The van der Waals surface area contributed by atoms with Crippen LogP contribution in [0.3, 0.4) is 0 Å². The average molecular weight is 368 g/mol. The molecule has 2 fully saturated rings. The molecule has 0 aromatic carbocycles. The van der Waals surface area contributed by atoms with E-state index in [0.717, 1.165) is 0 Å². The van der Waals surface area contributed by atoms with Crippen molar-refractivity contribution in [2.75, 3.05) is 52.9 Å². The molecule has 0 amide bonds. The summed E-state index contributed by atoms with van der Waals surface area (Å²) in [5.41, 5.74) is -0.756. The molecular weight excluding hydrogens is 340 g/mol. The van der Waals surface area contributed by atoms with Gasteiger partial charge in [-0.05, 0) is 0 Å². The highest BCUT2D eigenvalue weighted by molar-refractivity contribution is 5.06. The number of ether oxygens (including phenoxy) is 4. The number of hydrogen-bond acceptors (Lipinski definition) is 12. The predicted octanol–water partition coefficient (Wildman–Crippen LogP) is -2.90. The van der Waals surface area contributed by atoms with E-state index in [0.29, 0.717) is 13.2 Å². The highest BCUT2D eigenvalue weighted by atomic mass is 16.7.